The molecule has 1 atom stereocenters. The van der Waals surface area contributed by atoms with E-state index in [4.69, 9.17) is 16.7 Å². The van der Waals surface area contributed by atoms with E-state index in [2.05, 4.69) is 0 Å². The quantitative estimate of drug-likeness (QED) is 0.544. The summed E-state index contributed by atoms with van der Waals surface area (Å²) in [5.74, 6) is 0.323. The van der Waals surface area contributed by atoms with Gasteiger partial charge in [0.15, 0.2) is 0 Å². The number of hydrogen-bond acceptors (Lipinski definition) is 1. The molecule has 0 saturated heterocycles. The van der Waals surface area contributed by atoms with Crippen molar-refractivity contribution in [1.29, 1.82) is 0 Å². The minimum atomic E-state index is -0.385. The summed E-state index contributed by atoms with van der Waals surface area (Å²) in [6.45, 7) is 5.88. The molecule has 1 nitrogen and oxygen atoms in total. The first kappa shape index (κ1) is 8.25. The molecule has 0 aliphatic carbocycles. The van der Waals surface area contributed by atoms with Gasteiger partial charge in [0.1, 0.15) is 0 Å². The first-order valence-corrected chi connectivity index (χ1v) is 3.26. The normalized spacial score (nSPS) is 16.1. The number of aliphatic hydroxyl groups is 1. The molecule has 0 aromatic heterocycles. The third-order valence-electron chi connectivity index (χ3n) is 1.15. The van der Waals surface area contributed by atoms with Crippen LogP contribution in [0.3, 0.4) is 0 Å². The summed E-state index contributed by atoms with van der Waals surface area (Å²) in [4.78, 5) is 0. The van der Waals surface area contributed by atoms with Gasteiger partial charge in [-0.25, -0.2) is 0 Å². The van der Waals surface area contributed by atoms with Crippen LogP contribution < -0.4 is 0 Å². The Hall–Kier alpha value is 0.250. The molecule has 0 aliphatic rings. The van der Waals surface area contributed by atoms with E-state index in [9.17, 15) is 0 Å². The molecule has 0 spiro atoms. The van der Waals surface area contributed by atoms with Crippen molar-refractivity contribution in [2.75, 3.05) is 5.88 Å². The summed E-state index contributed by atoms with van der Waals surface area (Å²) in [5, 5.41) is 9.06. The van der Waals surface area contributed by atoms with Crippen LogP contribution in [0.15, 0.2) is 0 Å². The standard InChI is InChI=1S/C6H13ClO/c1-6(2,3)5(8)4-7/h5,8H,4H2,1-3H3/t5-/m0/s1. The van der Waals surface area contributed by atoms with Crippen LogP contribution in [0.4, 0.5) is 0 Å². The van der Waals surface area contributed by atoms with Gasteiger partial charge in [0.25, 0.3) is 0 Å². The molecule has 0 aromatic rings. The van der Waals surface area contributed by atoms with Crippen LogP contribution in [-0.4, -0.2) is 17.1 Å². The highest BCUT2D eigenvalue weighted by atomic mass is 35.5. The van der Waals surface area contributed by atoms with Gasteiger partial charge < -0.3 is 5.11 Å². The minimum absolute atomic E-state index is 0.0677. The van der Waals surface area contributed by atoms with Crippen molar-refractivity contribution in [1.82, 2.24) is 0 Å². The molecule has 50 valence electrons. The number of rotatable bonds is 1. The maximum Gasteiger partial charge on any atom is 0.0723 e. The first-order valence-electron chi connectivity index (χ1n) is 2.72. The Bertz CT molecular complexity index is 65.4. The summed E-state index contributed by atoms with van der Waals surface area (Å²) in [6.07, 6.45) is -0.385. The van der Waals surface area contributed by atoms with Crippen LogP contribution in [0.1, 0.15) is 20.8 Å². The molecular formula is C6H13ClO. The molecule has 0 aliphatic heterocycles. The van der Waals surface area contributed by atoms with Crippen LogP contribution in [0, 0.1) is 5.41 Å². The van der Waals surface area contributed by atoms with Crippen molar-refractivity contribution in [3.8, 4) is 0 Å². The molecule has 0 unspecified atom stereocenters. The second-order valence-electron chi connectivity index (χ2n) is 3.04. The average molecular weight is 137 g/mol. The van der Waals surface area contributed by atoms with Gasteiger partial charge in [-0.1, -0.05) is 20.8 Å². The van der Waals surface area contributed by atoms with Crippen LogP contribution in [0.2, 0.25) is 0 Å². The van der Waals surface area contributed by atoms with Crippen molar-refractivity contribution in [2.45, 2.75) is 26.9 Å². The summed E-state index contributed by atoms with van der Waals surface area (Å²) < 4.78 is 0. The predicted octanol–water partition coefficient (Wildman–Crippen LogP) is 1.63. The Labute approximate surface area is 55.7 Å². The molecule has 8 heavy (non-hydrogen) atoms. The molecule has 0 rings (SSSR count). The summed E-state index contributed by atoms with van der Waals surface area (Å²) in [5.41, 5.74) is -0.0677. The minimum Gasteiger partial charge on any atom is -0.391 e. The lowest BCUT2D eigenvalue weighted by Crippen LogP contribution is -2.27. The second-order valence-corrected chi connectivity index (χ2v) is 3.34. The van der Waals surface area contributed by atoms with Gasteiger partial charge in [0.2, 0.25) is 0 Å². The Kier molecular flexibility index (Phi) is 2.78. The van der Waals surface area contributed by atoms with Crippen LogP contribution in [-0.2, 0) is 0 Å². The highest BCUT2D eigenvalue weighted by Gasteiger charge is 2.20. The Balaban J connectivity index is 3.62. The molecule has 0 radical (unpaired) electrons. The first-order chi connectivity index (χ1) is 3.48. The molecule has 0 aromatic carbocycles. The molecule has 0 fully saturated rings. The zero-order chi connectivity index (χ0) is 6.78. The fourth-order valence-corrected chi connectivity index (χ4v) is 0.694. The lowest BCUT2D eigenvalue weighted by molar-refractivity contribution is 0.0831. The van der Waals surface area contributed by atoms with E-state index in [0.29, 0.717) is 5.88 Å². The van der Waals surface area contributed by atoms with Crippen molar-refractivity contribution in [3.05, 3.63) is 0 Å². The van der Waals surface area contributed by atoms with E-state index in [1.54, 1.807) is 0 Å². The Morgan fingerprint density at radius 1 is 1.50 bits per heavy atom. The Morgan fingerprint density at radius 2 is 1.88 bits per heavy atom. The second kappa shape index (κ2) is 2.70. The van der Waals surface area contributed by atoms with Gasteiger partial charge in [0.05, 0.1) is 6.10 Å². The van der Waals surface area contributed by atoms with Crippen LogP contribution in [0.5, 0.6) is 0 Å². The third-order valence-corrected chi connectivity index (χ3v) is 1.44. The molecule has 2 heteroatoms. The smallest absolute Gasteiger partial charge is 0.0723 e. The van der Waals surface area contributed by atoms with Crippen LogP contribution in [0.25, 0.3) is 0 Å². The van der Waals surface area contributed by atoms with E-state index in [1.165, 1.54) is 0 Å². The highest BCUT2D eigenvalue weighted by molar-refractivity contribution is 6.18. The SMILES string of the molecule is CC(C)(C)[C@@H](O)CCl. The van der Waals surface area contributed by atoms with Crippen LogP contribution >= 0.6 is 11.6 Å². The number of alkyl halides is 1. The van der Waals surface area contributed by atoms with Crippen molar-refractivity contribution < 1.29 is 5.11 Å². The van der Waals surface area contributed by atoms with Gasteiger partial charge in [0, 0.05) is 5.88 Å². The molecular weight excluding hydrogens is 124 g/mol. The fraction of sp³-hybridized carbons (Fsp3) is 1.00. The van der Waals surface area contributed by atoms with Gasteiger partial charge in [-0.2, -0.15) is 0 Å². The van der Waals surface area contributed by atoms with Gasteiger partial charge >= 0.3 is 0 Å². The summed E-state index contributed by atoms with van der Waals surface area (Å²) in [7, 11) is 0. The van der Waals surface area contributed by atoms with E-state index in [1.807, 2.05) is 20.8 Å². The zero-order valence-electron chi connectivity index (χ0n) is 5.61. The summed E-state index contributed by atoms with van der Waals surface area (Å²) in [6, 6.07) is 0. The maximum atomic E-state index is 9.06. The van der Waals surface area contributed by atoms with Crippen molar-refractivity contribution in [3.63, 3.8) is 0 Å². The van der Waals surface area contributed by atoms with Gasteiger partial charge in [-0.05, 0) is 5.41 Å². The lowest BCUT2D eigenvalue weighted by Gasteiger charge is -2.23. The topological polar surface area (TPSA) is 20.2 Å². The van der Waals surface area contributed by atoms with E-state index >= 15 is 0 Å². The molecule has 1 N–H and O–H groups in total. The fourth-order valence-electron chi connectivity index (χ4n) is 0.231. The molecule has 0 bridgehead atoms. The third kappa shape index (κ3) is 2.53. The molecule has 0 heterocycles. The number of halogens is 1. The Morgan fingerprint density at radius 3 is 1.88 bits per heavy atom. The number of aliphatic hydroxyl groups excluding tert-OH is 1. The predicted molar refractivity (Wildman–Crippen MR) is 36.2 cm³/mol. The van der Waals surface area contributed by atoms with Crippen molar-refractivity contribution >= 4 is 11.6 Å². The van der Waals surface area contributed by atoms with Crippen molar-refractivity contribution in [2.24, 2.45) is 5.41 Å². The lowest BCUT2D eigenvalue weighted by atomic mass is 9.90. The van der Waals surface area contributed by atoms with E-state index in [-0.39, 0.29) is 11.5 Å². The highest BCUT2D eigenvalue weighted by Crippen LogP contribution is 2.19. The average Bonchev–Trinajstić information content (AvgIpc) is 1.62. The summed E-state index contributed by atoms with van der Waals surface area (Å²) >= 11 is 5.39. The van der Waals surface area contributed by atoms with Gasteiger partial charge in [-0.3, -0.25) is 0 Å². The van der Waals surface area contributed by atoms with E-state index in [0.717, 1.165) is 0 Å². The largest absolute Gasteiger partial charge is 0.391 e. The zero-order valence-corrected chi connectivity index (χ0v) is 6.37. The molecule has 0 saturated carbocycles. The van der Waals surface area contributed by atoms with Gasteiger partial charge in [-0.15, -0.1) is 11.6 Å². The monoisotopic (exact) mass is 136 g/mol. The van der Waals surface area contributed by atoms with E-state index < -0.39 is 0 Å². The maximum absolute atomic E-state index is 9.06. The molecule has 0 amide bonds. The number of hydrogen-bond donors (Lipinski definition) is 1.